The van der Waals surface area contributed by atoms with E-state index in [9.17, 15) is 14.2 Å². The van der Waals surface area contributed by atoms with Crippen LogP contribution in [0.5, 0.6) is 0 Å². The first kappa shape index (κ1) is 18.6. The Morgan fingerprint density at radius 1 is 0.900 bits per heavy atom. The van der Waals surface area contributed by atoms with Crippen molar-refractivity contribution in [2.75, 3.05) is 0 Å². The summed E-state index contributed by atoms with van der Waals surface area (Å²) >= 11 is 0. The van der Waals surface area contributed by atoms with Crippen LogP contribution in [0.15, 0.2) is 24.3 Å². The first-order valence-corrected chi connectivity index (χ1v) is 6.96. The van der Waals surface area contributed by atoms with Crippen LogP contribution >= 0.6 is 8.25 Å². The molecule has 2 atom stereocenters. The van der Waals surface area contributed by atoms with Crippen molar-refractivity contribution < 1.29 is 32.7 Å². The molecule has 0 aliphatic carbocycles. The SMILES string of the molecule is C=C(C)C(=O)OC(C)O[PH](=O)OC(C)OC(=O)C(=C)C. The summed E-state index contributed by atoms with van der Waals surface area (Å²) in [6, 6.07) is 0. The zero-order valence-corrected chi connectivity index (χ0v) is 12.9. The molecule has 0 bridgehead atoms. The number of rotatable bonds is 8. The van der Waals surface area contributed by atoms with Gasteiger partial charge in [0.1, 0.15) is 0 Å². The van der Waals surface area contributed by atoms with Crippen LogP contribution in [-0.4, -0.2) is 24.5 Å². The smallest absolute Gasteiger partial charge is 0.335 e. The molecule has 2 unspecified atom stereocenters. The minimum Gasteiger partial charge on any atom is -0.432 e. The Kier molecular flexibility index (Phi) is 8.06. The molecule has 0 saturated carbocycles. The van der Waals surface area contributed by atoms with Gasteiger partial charge in [-0.15, -0.1) is 0 Å². The van der Waals surface area contributed by atoms with Crippen LogP contribution in [0.1, 0.15) is 27.7 Å². The Labute approximate surface area is 118 Å². The lowest BCUT2D eigenvalue weighted by Gasteiger charge is -2.16. The number of esters is 2. The van der Waals surface area contributed by atoms with Gasteiger partial charge in [-0.3, -0.25) is 13.6 Å². The molecular formula is C12H19O7P. The third-order valence-corrected chi connectivity index (χ3v) is 2.82. The highest BCUT2D eigenvalue weighted by Crippen LogP contribution is 2.29. The first-order valence-electron chi connectivity index (χ1n) is 5.73. The summed E-state index contributed by atoms with van der Waals surface area (Å²) in [5, 5.41) is 0. The zero-order valence-electron chi connectivity index (χ0n) is 11.9. The van der Waals surface area contributed by atoms with Crippen molar-refractivity contribution in [3.05, 3.63) is 24.3 Å². The molecule has 0 fully saturated rings. The summed E-state index contributed by atoms with van der Waals surface area (Å²) < 4.78 is 30.6. The number of carbonyl (C=O) groups is 2. The van der Waals surface area contributed by atoms with Crippen molar-refractivity contribution in [1.29, 1.82) is 0 Å². The first-order chi connectivity index (χ1) is 9.13. The van der Waals surface area contributed by atoms with E-state index in [0.717, 1.165) is 0 Å². The van der Waals surface area contributed by atoms with Crippen LogP contribution in [0.3, 0.4) is 0 Å². The molecule has 114 valence electrons. The fourth-order valence-electron chi connectivity index (χ4n) is 0.850. The maximum atomic E-state index is 11.5. The molecule has 0 aromatic rings. The van der Waals surface area contributed by atoms with Crippen molar-refractivity contribution in [2.45, 2.75) is 40.3 Å². The van der Waals surface area contributed by atoms with Gasteiger partial charge >= 0.3 is 20.2 Å². The van der Waals surface area contributed by atoms with Crippen LogP contribution in [-0.2, 0) is 32.7 Å². The molecule has 0 heterocycles. The van der Waals surface area contributed by atoms with E-state index in [1.807, 2.05) is 0 Å². The average Bonchev–Trinajstić information content (AvgIpc) is 2.27. The fourth-order valence-corrected chi connectivity index (χ4v) is 1.54. The van der Waals surface area contributed by atoms with E-state index >= 15 is 0 Å². The highest BCUT2D eigenvalue weighted by molar-refractivity contribution is 7.33. The van der Waals surface area contributed by atoms with Crippen LogP contribution in [0.2, 0.25) is 0 Å². The van der Waals surface area contributed by atoms with Gasteiger partial charge in [0.25, 0.3) is 0 Å². The summed E-state index contributed by atoms with van der Waals surface area (Å²) in [4.78, 5) is 22.3. The normalized spacial score (nSPS) is 14.8. The quantitative estimate of drug-likeness (QED) is 0.294. The van der Waals surface area contributed by atoms with E-state index in [2.05, 4.69) is 13.2 Å². The third kappa shape index (κ3) is 7.89. The maximum Gasteiger partial charge on any atom is 0.335 e. The summed E-state index contributed by atoms with van der Waals surface area (Å²) in [5.74, 6) is -1.34. The van der Waals surface area contributed by atoms with Crippen LogP contribution in [0.25, 0.3) is 0 Å². The van der Waals surface area contributed by atoms with Gasteiger partial charge in [0.05, 0.1) is 0 Å². The third-order valence-electron chi connectivity index (χ3n) is 1.77. The molecular weight excluding hydrogens is 287 g/mol. The van der Waals surface area contributed by atoms with Crippen molar-refractivity contribution in [3.8, 4) is 0 Å². The number of ether oxygens (including phenoxy) is 2. The molecule has 0 aliphatic rings. The van der Waals surface area contributed by atoms with Gasteiger partial charge in [-0.05, 0) is 27.7 Å². The Balaban J connectivity index is 4.16. The van der Waals surface area contributed by atoms with Gasteiger partial charge in [0.2, 0.25) is 12.6 Å². The van der Waals surface area contributed by atoms with Gasteiger partial charge in [-0.2, -0.15) is 0 Å². The Hall–Kier alpha value is -1.43. The molecule has 0 radical (unpaired) electrons. The van der Waals surface area contributed by atoms with Gasteiger partial charge in [0.15, 0.2) is 0 Å². The lowest BCUT2D eigenvalue weighted by molar-refractivity contribution is -0.161. The minimum absolute atomic E-state index is 0.185. The van der Waals surface area contributed by atoms with Crippen LogP contribution in [0, 0.1) is 0 Å². The van der Waals surface area contributed by atoms with Gasteiger partial charge in [-0.1, -0.05) is 13.2 Å². The van der Waals surface area contributed by atoms with Crippen LogP contribution < -0.4 is 0 Å². The molecule has 0 aliphatic heterocycles. The van der Waals surface area contributed by atoms with Crippen molar-refractivity contribution in [3.63, 3.8) is 0 Å². The molecule has 20 heavy (non-hydrogen) atoms. The van der Waals surface area contributed by atoms with E-state index in [-0.39, 0.29) is 11.1 Å². The molecule has 0 amide bonds. The standard InChI is InChI=1S/C12H19O7P/c1-7(2)11(13)16-9(5)18-20(15)19-10(6)17-12(14)8(3)4/h9-10,20H,1,3H2,2,4-6H3. The maximum absolute atomic E-state index is 11.5. The minimum atomic E-state index is -2.99. The highest BCUT2D eigenvalue weighted by Gasteiger charge is 2.17. The summed E-state index contributed by atoms with van der Waals surface area (Å²) in [6.07, 6.45) is -2.15. The molecule has 8 heteroatoms. The van der Waals surface area contributed by atoms with Gasteiger partial charge in [-0.25, -0.2) is 9.59 Å². The highest BCUT2D eigenvalue weighted by atomic mass is 31.1. The van der Waals surface area contributed by atoms with Crippen molar-refractivity contribution >= 4 is 20.2 Å². The van der Waals surface area contributed by atoms with E-state index in [1.54, 1.807) is 0 Å². The predicted molar refractivity (Wildman–Crippen MR) is 71.9 cm³/mol. The largest absolute Gasteiger partial charge is 0.432 e. The average molecular weight is 306 g/mol. The summed E-state index contributed by atoms with van der Waals surface area (Å²) in [5.41, 5.74) is 0.370. The summed E-state index contributed by atoms with van der Waals surface area (Å²) in [7, 11) is -2.99. The molecule has 0 N–H and O–H groups in total. The number of hydrogen-bond acceptors (Lipinski definition) is 7. The predicted octanol–water partition coefficient (Wildman–Crippen LogP) is 2.34. The molecule has 0 rings (SSSR count). The Morgan fingerprint density at radius 2 is 1.20 bits per heavy atom. The fraction of sp³-hybridized carbons (Fsp3) is 0.500. The van der Waals surface area contributed by atoms with Crippen molar-refractivity contribution in [2.24, 2.45) is 0 Å². The van der Waals surface area contributed by atoms with Gasteiger partial charge < -0.3 is 9.47 Å². The van der Waals surface area contributed by atoms with E-state index < -0.39 is 32.8 Å². The van der Waals surface area contributed by atoms with Gasteiger partial charge in [0, 0.05) is 11.1 Å². The van der Waals surface area contributed by atoms with E-state index in [0.29, 0.717) is 0 Å². The number of hydrogen-bond donors (Lipinski definition) is 0. The molecule has 7 nitrogen and oxygen atoms in total. The Morgan fingerprint density at radius 3 is 1.45 bits per heavy atom. The lowest BCUT2D eigenvalue weighted by atomic mass is 10.4. The number of carbonyl (C=O) groups excluding carboxylic acids is 2. The topological polar surface area (TPSA) is 88.1 Å². The van der Waals surface area contributed by atoms with Crippen molar-refractivity contribution in [1.82, 2.24) is 0 Å². The molecule has 0 spiro atoms. The second-order valence-electron chi connectivity index (χ2n) is 3.99. The molecule has 0 aromatic heterocycles. The second kappa shape index (κ2) is 8.68. The lowest BCUT2D eigenvalue weighted by Crippen LogP contribution is -2.19. The second-order valence-corrected chi connectivity index (χ2v) is 4.96. The zero-order chi connectivity index (χ0) is 15.9. The van der Waals surface area contributed by atoms with Crippen LogP contribution in [0.4, 0.5) is 0 Å². The molecule has 0 aromatic carbocycles. The van der Waals surface area contributed by atoms with E-state index in [1.165, 1.54) is 27.7 Å². The Bertz CT molecular complexity index is 392. The molecule has 0 saturated heterocycles. The summed E-state index contributed by atoms with van der Waals surface area (Å²) in [6.45, 7) is 12.5. The monoisotopic (exact) mass is 306 g/mol. The van der Waals surface area contributed by atoms with E-state index in [4.69, 9.17) is 18.5 Å².